The zero-order valence-electron chi connectivity index (χ0n) is 10.3. The summed E-state index contributed by atoms with van der Waals surface area (Å²) in [6.07, 6.45) is 1.25. The first-order valence-electron chi connectivity index (χ1n) is 5.99. The molecule has 0 aliphatic carbocycles. The number of rotatable bonds is 4. The maximum absolute atomic E-state index is 12.0. The van der Waals surface area contributed by atoms with Crippen LogP contribution in [0.3, 0.4) is 0 Å². The van der Waals surface area contributed by atoms with Gasteiger partial charge in [0.05, 0.1) is 12.6 Å². The molecule has 2 N–H and O–H groups in total. The minimum absolute atomic E-state index is 0. The Bertz CT molecular complexity index is 407. The lowest BCUT2D eigenvalue weighted by Crippen LogP contribution is -2.32. The summed E-state index contributed by atoms with van der Waals surface area (Å²) in [6.45, 7) is 1.18. The number of piperidine rings is 1. The van der Waals surface area contributed by atoms with Crippen LogP contribution in [0.15, 0.2) is 12.3 Å². The molecule has 19 heavy (non-hydrogen) atoms. The summed E-state index contributed by atoms with van der Waals surface area (Å²) in [7, 11) is 0. The lowest BCUT2D eigenvalue weighted by molar-refractivity contribution is 0.0885. The van der Waals surface area contributed by atoms with Gasteiger partial charge in [-0.05, 0) is 25.5 Å². The summed E-state index contributed by atoms with van der Waals surface area (Å²) in [5.74, 6) is -0.558. The van der Waals surface area contributed by atoms with Crippen LogP contribution in [-0.2, 0) is 0 Å². The van der Waals surface area contributed by atoms with Gasteiger partial charge in [-0.1, -0.05) is 0 Å². The molecule has 1 unspecified atom stereocenters. The van der Waals surface area contributed by atoms with E-state index < -0.39 is 18.9 Å². The third-order valence-electron chi connectivity index (χ3n) is 2.90. The molecule has 0 saturated carbocycles. The second kappa shape index (κ2) is 7.40. The van der Waals surface area contributed by atoms with Crippen molar-refractivity contribution >= 4 is 18.3 Å². The molecule has 0 bridgehead atoms. The number of hydrogen-bond donors (Lipinski definition) is 2. The Morgan fingerprint density at radius 1 is 1.63 bits per heavy atom. The SMILES string of the molecule is Cl.O=C(NCC(F)F)c1ccn(C2CCCNC2)n1. The molecule has 1 aliphatic heterocycles. The van der Waals surface area contributed by atoms with Crippen LogP contribution in [0, 0.1) is 0 Å². The van der Waals surface area contributed by atoms with E-state index >= 15 is 0 Å². The molecule has 1 saturated heterocycles. The van der Waals surface area contributed by atoms with Gasteiger partial charge in [-0.2, -0.15) is 5.10 Å². The van der Waals surface area contributed by atoms with Gasteiger partial charge in [0.1, 0.15) is 5.69 Å². The predicted octanol–water partition coefficient (Wildman–Crippen LogP) is 1.22. The molecule has 5 nitrogen and oxygen atoms in total. The second-order valence-electron chi connectivity index (χ2n) is 4.28. The van der Waals surface area contributed by atoms with E-state index in [0.717, 1.165) is 25.9 Å². The topological polar surface area (TPSA) is 59.0 Å². The zero-order chi connectivity index (χ0) is 13.0. The normalized spacial score (nSPS) is 19.0. The van der Waals surface area contributed by atoms with E-state index in [4.69, 9.17) is 0 Å². The number of amides is 1. The van der Waals surface area contributed by atoms with Crippen molar-refractivity contribution in [3.63, 3.8) is 0 Å². The zero-order valence-corrected chi connectivity index (χ0v) is 11.1. The summed E-state index contributed by atoms with van der Waals surface area (Å²) >= 11 is 0. The van der Waals surface area contributed by atoms with Crippen LogP contribution < -0.4 is 10.6 Å². The Morgan fingerprint density at radius 2 is 2.42 bits per heavy atom. The third-order valence-corrected chi connectivity index (χ3v) is 2.90. The van der Waals surface area contributed by atoms with Crippen molar-refractivity contribution in [2.45, 2.75) is 25.3 Å². The van der Waals surface area contributed by atoms with Crippen molar-refractivity contribution in [1.82, 2.24) is 20.4 Å². The first-order valence-corrected chi connectivity index (χ1v) is 5.99. The maximum atomic E-state index is 12.0. The fraction of sp³-hybridized carbons (Fsp3) is 0.636. The van der Waals surface area contributed by atoms with Crippen LogP contribution in [0.25, 0.3) is 0 Å². The molecule has 8 heteroatoms. The number of alkyl halides is 2. The molecule has 0 aromatic carbocycles. The van der Waals surface area contributed by atoms with Crippen molar-refractivity contribution in [3.8, 4) is 0 Å². The fourth-order valence-electron chi connectivity index (χ4n) is 1.98. The number of aromatic nitrogens is 2. The predicted molar refractivity (Wildman–Crippen MR) is 69.0 cm³/mol. The number of carbonyl (C=O) groups excluding carboxylic acids is 1. The largest absolute Gasteiger partial charge is 0.345 e. The summed E-state index contributed by atoms with van der Waals surface area (Å²) in [6, 6.07) is 1.78. The average molecular weight is 295 g/mol. The summed E-state index contributed by atoms with van der Waals surface area (Å²) < 4.78 is 25.6. The van der Waals surface area contributed by atoms with E-state index in [1.54, 1.807) is 16.9 Å². The molecule has 2 rings (SSSR count). The van der Waals surface area contributed by atoms with Crippen molar-refractivity contribution < 1.29 is 13.6 Å². The van der Waals surface area contributed by atoms with Gasteiger partial charge in [-0.15, -0.1) is 12.4 Å². The minimum atomic E-state index is -2.54. The van der Waals surface area contributed by atoms with Gasteiger partial charge in [-0.25, -0.2) is 8.78 Å². The number of hydrogen-bond acceptors (Lipinski definition) is 3. The van der Waals surface area contributed by atoms with Crippen molar-refractivity contribution in [1.29, 1.82) is 0 Å². The van der Waals surface area contributed by atoms with Gasteiger partial charge in [0.15, 0.2) is 0 Å². The lowest BCUT2D eigenvalue weighted by atomic mass is 10.1. The van der Waals surface area contributed by atoms with Crippen molar-refractivity contribution in [3.05, 3.63) is 18.0 Å². The lowest BCUT2D eigenvalue weighted by Gasteiger charge is -2.22. The van der Waals surface area contributed by atoms with Crippen molar-refractivity contribution in [2.24, 2.45) is 0 Å². The van der Waals surface area contributed by atoms with E-state index in [9.17, 15) is 13.6 Å². The highest BCUT2D eigenvalue weighted by Gasteiger charge is 2.18. The van der Waals surface area contributed by atoms with Crippen LogP contribution in [-0.4, -0.2) is 41.7 Å². The highest BCUT2D eigenvalue weighted by Crippen LogP contribution is 2.15. The van der Waals surface area contributed by atoms with Gasteiger partial charge < -0.3 is 10.6 Å². The molecule has 1 aromatic rings. The molecule has 108 valence electrons. The standard InChI is InChI=1S/C11H16F2N4O.ClH/c12-10(13)7-15-11(18)9-3-5-17(16-9)8-2-1-4-14-6-8;/h3,5,8,10,14H,1-2,4,6-7H2,(H,15,18);1H. The molecular formula is C11H17ClF2N4O. The Morgan fingerprint density at radius 3 is 3.05 bits per heavy atom. The number of nitrogens with zero attached hydrogens (tertiary/aromatic N) is 2. The molecule has 0 spiro atoms. The smallest absolute Gasteiger partial charge is 0.271 e. The van der Waals surface area contributed by atoms with Gasteiger partial charge in [0.25, 0.3) is 12.3 Å². The van der Waals surface area contributed by atoms with E-state index in [-0.39, 0.29) is 24.1 Å². The Labute approximate surface area is 116 Å². The van der Waals surface area contributed by atoms with E-state index in [0.29, 0.717) is 0 Å². The van der Waals surface area contributed by atoms with Crippen LogP contribution >= 0.6 is 12.4 Å². The van der Waals surface area contributed by atoms with Crippen LogP contribution in [0.4, 0.5) is 8.78 Å². The first kappa shape index (κ1) is 15.8. The van der Waals surface area contributed by atoms with Crippen LogP contribution in [0.2, 0.25) is 0 Å². The van der Waals surface area contributed by atoms with E-state index in [1.165, 1.54) is 0 Å². The monoisotopic (exact) mass is 294 g/mol. The summed E-state index contributed by atoms with van der Waals surface area (Å²) in [5.41, 5.74) is 0.182. The van der Waals surface area contributed by atoms with E-state index in [2.05, 4.69) is 15.7 Å². The van der Waals surface area contributed by atoms with Crippen LogP contribution in [0.5, 0.6) is 0 Å². The molecule has 1 atom stereocenters. The molecule has 0 radical (unpaired) electrons. The van der Waals surface area contributed by atoms with Gasteiger partial charge in [0, 0.05) is 12.7 Å². The quantitative estimate of drug-likeness (QED) is 0.878. The minimum Gasteiger partial charge on any atom is -0.345 e. The maximum Gasteiger partial charge on any atom is 0.271 e. The number of carbonyl (C=O) groups is 1. The molecule has 2 heterocycles. The first-order chi connectivity index (χ1) is 8.66. The van der Waals surface area contributed by atoms with Gasteiger partial charge >= 0.3 is 0 Å². The molecular weight excluding hydrogens is 278 g/mol. The number of halogens is 3. The number of nitrogens with one attached hydrogen (secondary N) is 2. The van der Waals surface area contributed by atoms with Crippen LogP contribution in [0.1, 0.15) is 29.4 Å². The molecule has 1 fully saturated rings. The summed E-state index contributed by atoms with van der Waals surface area (Å²) in [4.78, 5) is 11.5. The third kappa shape index (κ3) is 4.43. The molecule has 1 aromatic heterocycles. The fourth-order valence-corrected chi connectivity index (χ4v) is 1.98. The highest BCUT2D eigenvalue weighted by molar-refractivity contribution is 5.92. The summed E-state index contributed by atoms with van der Waals surface area (Å²) in [5, 5.41) is 9.52. The van der Waals surface area contributed by atoms with E-state index in [1.807, 2.05) is 0 Å². The average Bonchev–Trinajstić information content (AvgIpc) is 2.86. The molecule has 1 aliphatic rings. The second-order valence-corrected chi connectivity index (χ2v) is 4.28. The highest BCUT2D eigenvalue weighted by atomic mass is 35.5. The van der Waals surface area contributed by atoms with Gasteiger partial charge in [-0.3, -0.25) is 9.48 Å². The molecule has 1 amide bonds. The van der Waals surface area contributed by atoms with Crippen molar-refractivity contribution in [2.75, 3.05) is 19.6 Å². The Hall–Kier alpha value is -1.21. The van der Waals surface area contributed by atoms with Gasteiger partial charge in [0.2, 0.25) is 0 Å². The Kier molecular flexibility index (Phi) is 6.17. The Balaban J connectivity index is 0.00000180.